The topological polar surface area (TPSA) is 55.1 Å². The van der Waals surface area contributed by atoms with Gasteiger partial charge in [0.15, 0.2) is 0 Å². The highest BCUT2D eigenvalue weighted by Crippen LogP contribution is 2.38. The molecule has 1 fully saturated rings. The Balaban J connectivity index is 1.93. The van der Waals surface area contributed by atoms with Gasteiger partial charge in [0, 0.05) is 18.7 Å². The maximum absolute atomic E-state index is 13.3. The Kier molecular flexibility index (Phi) is 4.24. The third-order valence-corrected chi connectivity index (χ3v) is 4.64. The molecule has 0 aliphatic carbocycles. The summed E-state index contributed by atoms with van der Waals surface area (Å²) in [5, 5.41) is 4.21. The Bertz CT molecular complexity index is 968. The summed E-state index contributed by atoms with van der Waals surface area (Å²) in [4.78, 5) is 9.16. The van der Waals surface area contributed by atoms with Crippen molar-refractivity contribution in [2.75, 3.05) is 18.0 Å². The van der Waals surface area contributed by atoms with Crippen molar-refractivity contribution in [2.45, 2.75) is 25.9 Å². The fourth-order valence-electron chi connectivity index (χ4n) is 3.38. The molecule has 3 aromatic rings. The van der Waals surface area contributed by atoms with Crippen molar-refractivity contribution in [2.24, 2.45) is 5.92 Å². The number of hydrogen-bond acceptors (Lipinski definition) is 5. The van der Waals surface area contributed by atoms with Crippen molar-refractivity contribution < 1.29 is 22.1 Å². The van der Waals surface area contributed by atoms with Crippen LogP contribution in [-0.2, 0) is 6.18 Å². The zero-order valence-corrected chi connectivity index (χ0v) is 14.4. The van der Waals surface area contributed by atoms with Gasteiger partial charge in [-0.2, -0.15) is 18.2 Å². The zero-order chi connectivity index (χ0) is 19.2. The Labute approximate surface area is 152 Å². The second-order valence-corrected chi connectivity index (χ2v) is 6.78. The second kappa shape index (κ2) is 6.47. The first-order valence-corrected chi connectivity index (χ1v) is 8.58. The molecule has 0 amide bonds. The predicted octanol–water partition coefficient (Wildman–Crippen LogP) is 4.68. The molecule has 142 valence electrons. The van der Waals surface area contributed by atoms with Gasteiger partial charge >= 0.3 is 6.18 Å². The van der Waals surface area contributed by atoms with Crippen molar-refractivity contribution in [3.63, 3.8) is 0 Å². The van der Waals surface area contributed by atoms with E-state index in [1.807, 2.05) is 11.8 Å². The minimum Gasteiger partial charge on any atom is -0.356 e. The SMILES string of the molecule is CC1CCCN(c2nc(C(F)(F)F)nc3onc(-c4ccc(F)cc4)c23)C1. The lowest BCUT2D eigenvalue weighted by atomic mass is 10.00. The molecule has 0 spiro atoms. The monoisotopic (exact) mass is 380 g/mol. The van der Waals surface area contributed by atoms with Gasteiger partial charge in [0.05, 0.1) is 0 Å². The number of alkyl halides is 3. The standard InChI is InChI=1S/C18H16F4N4O/c1-10-3-2-8-26(9-10)15-13-14(11-4-6-12(19)7-5-11)25-27-16(13)24-17(23-15)18(20,21)22/h4-7,10H,2-3,8-9H2,1H3. The number of fused-ring (bicyclic) bond motifs is 1. The van der Waals surface area contributed by atoms with Crippen LogP contribution < -0.4 is 4.90 Å². The molecular formula is C18H16F4N4O. The first kappa shape index (κ1) is 17.7. The Morgan fingerprint density at radius 3 is 2.56 bits per heavy atom. The largest absolute Gasteiger partial charge is 0.451 e. The summed E-state index contributed by atoms with van der Waals surface area (Å²) in [6.45, 7) is 3.21. The highest BCUT2D eigenvalue weighted by atomic mass is 19.4. The Morgan fingerprint density at radius 2 is 1.89 bits per heavy atom. The summed E-state index contributed by atoms with van der Waals surface area (Å²) in [7, 11) is 0. The van der Waals surface area contributed by atoms with Gasteiger partial charge in [-0.25, -0.2) is 9.37 Å². The Hall–Kier alpha value is -2.71. The normalized spacial score (nSPS) is 18.3. The summed E-state index contributed by atoms with van der Waals surface area (Å²) in [6, 6.07) is 5.49. The van der Waals surface area contributed by atoms with E-state index in [1.165, 1.54) is 24.3 Å². The molecule has 27 heavy (non-hydrogen) atoms. The molecule has 3 heterocycles. The number of hydrogen-bond donors (Lipinski definition) is 0. The minimum atomic E-state index is -4.70. The molecule has 0 N–H and O–H groups in total. The predicted molar refractivity (Wildman–Crippen MR) is 90.6 cm³/mol. The lowest BCUT2D eigenvalue weighted by Gasteiger charge is -2.32. The van der Waals surface area contributed by atoms with Crippen LogP contribution in [0.15, 0.2) is 28.8 Å². The molecule has 1 aromatic carbocycles. The zero-order valence-electron chi connectivity index (χ0n) is 14.4. The third-order valence-electron chi connectivity index (χ3n) is 4.64. The van der Waals surface area contributed by atoms with E-state index in [0.717, 1.165) is 12.8 Å². The van der Waals surface area contributed by atoms with Crippen LogP contribution >= 0.6 is 0 Å². The molecule has 0 saturated carbocycles. The molecule has 1 saturated heterocycles. The van der Waals surface area contributed by atoms with Crippen LogP contribution in [0.2, 0.25) is 0 Å². The number of rotatable bonds is 2. The summed E-state index contributed by atoms with van der Waals surface area (Å²) < 4.78 is 58.1. The van der Waals surface area contributed by atoms with Gasteiger partial charge in [-0.1, -0.05) is 12.1 Å². The van der Waals surface area contributed by atoms with Gasteiger partial charge in [-0.3, -0.25) is 0 Å². The molecule has 0 radical (unpaired) electrons. The summed E-state index contributed by atoms with van der Waals surface area (Å²) in [5.41, 5.74) is 0.585. The average Bonchev–Trinajstić information content (AvgIpc) is 3.05. The van der Waals surface area contributed by atoms with Crippen molar-refractivity contribution in [1.82, 2.24) is 15.1 Å². The van der Waals surface area contributed by atoms with Gasteiger partial charge < -0.3 is 9.42 Å². The van der Waals surface area contributed by atoms with Crippen LogP contribution in [0.25, 0.3) is 22.4 Å². The van der Waals surface area contributed by atoms with E-state index in [2.05, 4.69) is 15.1 Å². The van der Waals surface area contributed by atoms with E-state index in [9.17, 15) is 17.6 Å². The first-order valence-electron chi connectivity index (χ1n) is 8.58. The Morgan fingerprint density at radius 1 is 1.15 bits per heavy atom. The molecule has 1 aliphatic heterocycles. The van der Waals surface area contributed by atoms with Gasteiger partial charge in [0.25, 0.3) is 5.71 Å². The van der Waals surface area contributed by atoms with Crippen molar-refractivity contribution in [3.05, 3.63) is 35.9 Å². The molecule has 1 unspecified atom stereocenters. The average molecular weight is 380 g/mol. The number of halogens is 4. The van der Waals surface area contributed by atoms with Gasteiger partial charge in [-0.15, -0.1) is 0 Å². The van der Waals surface area contributed by atoms with Crippen LogP contribution in [0.1, 0.15) is 25.6 Å². The van der Waals surface area contributed by atoms with Crippen molar-refractivity contribution in [1.29, 1.82) is 0 Å². The van der Waals surface area contributed by atoms with Gasteiger partial charge in [0.1, 0.15) is 22.7 Å². The van der Waals surface area contributed by atoms with Crippen molar-refractivity contribution in [3.8, 4) is 11.3 Å². The number of aromatic nitrogens is 3. The van der Waals surface area contributed by atoms with Gasteiger partial charge in [0.2, 0.25) is 5.82 Å². The molecule has 2 aromatic heterocycles. The number of anilines is 1. The lowest BCUT2D eigenvalue weighted by Crippen LogP contribution is -2.35. The van der Waals surface area contributed by atoms with Crippen LogP contribution in [0, 0.1) is 11.7 Å². The highest BCUT2D eigenvalue weighted by molar-refractivity contribution is 5.98. The lowest BCUT2D eigenvalue weighted by molar-refractivity contribution is -0.144. The smallest absolute Gasteiger partial charge is 0.356 e. The quantitative estimate of drug-likeness (QED) is 0.605. The van der Waals surface area contributed by atoms with E-state index in [1.54, 1.807) is 0 Å². The summed E-state index contributed by atoms with van der Waals surface area (Å²) >= 11 is 0. The molecular weight excluding hydrogens is 364 g/mol. The third kappa shape index (κ3) is 3.33. The fraction of sp³-hybridized carbons (Fsp3) is 0.389. The maximum atomic E-state index is 13.3. The van der Waals surface area contributed by atoms with Crippen LogP contribution in [0.4, 0.5) is 23.4 Å². The first-order chi connectivity index (χ1) is 12.8. The van der Waals surface area contributed by atoms with E-state index in [0.29, 0.717) is 35.7 Å². The van der Waals surface area contributed by atoms with Crippen LogP contribution in [0.5, 0.6) is 0 Å². The van der Waals surface area contributed by atoms with E-state index in [-0.39, 0.29) is 11.5 Å². The van der Waals surface area contributed by atoms with E-state index in [4.69, 9.17) is 4.52 Å². The van der Waals surface area contributed by atoms with Crippen LogP contribution in [0.3, 0.4) is 0 Å². The van der Waals surface area contributed by atoms with E-state index < -0.39 is 17.8 Å². The fourth-order valence-corrected chi connectivity index (χ4v) is 3.38. The summed E-state index contributed by atoms with van der Waals surface area (Å²) in [5.74, 6) is -1.20. The molecule has 4 rings (SSSR count). The van der Waals surface area contributed by atoms with Gasteiger partial charge in [-0.05, 0) is 43.0 Å². The number of piperidine rings is 1. The van der Waals surface area contributed by atoms with Crippen LogP contribution in [-0.4, -0.2) is 28.2 Å². The molecule has 1 atom stereocenters. The number of benzene rings is 1. The highest BCUT2D eigenvalue weighted by Gasteiger charge is 2.38. The molecule has 9 heteroatoms. The molecule has 5 nitrogen and oxygen atoms in total. The minimum absolute atomic E-state index is 0.152. The molecule has 0 bridgehead atoms. The summed E-state index contributed by atoms with van der Waals surface area (Å²) in [6.07, 6.45) is -2.84. The maximum Gasteiger partial charge on any atom is 0.451 e. The van der Waals surface area contributed by atoms with Crippen molar-refractivity contribution >= 4 is 16.9 Å². The molecule has 1 aliphatic rings. The van der Waals surface area contributed by atoms with E-state index >= 15 is 0 Å². The second-order valence-electron chi connectivity index (χ2n) is 6.78. The number of nitrogens with zero attached hydrogens (tertiary/aromatic N) is 4.